The molecule has 0 saturated carbocycles. The van der Waals surface area contributed by atoms with Crippen molar-refractivity contribution in [1.29, 1.82) is 0 Å². The largest absolute Gasteiger partial charge is 0.508 e. The van der Waals surface area contributed by atoms with E-state index < -0.39 is 11.9 Å². The van der Waals surface area contributed by atoms with Crippen molar-refractivity contribution in [2.45, 2.75) is 6.42 Å². The summed E-state index contributed by atoms with van der Waals surface area (Å²) in [5.74, 6) is -0.747. The predicted octanol–water partition coefficient (Wildman–Crippen LogP) is 0.659. The van der Waals surface area contributed by atoms with Crippen LogP contribution in [0.3, 0.4) is 0 Å². The highest BCUT2D eigenvalue weighted by atomic mass is 16.6. The Kier molecular flexibility index (Phi) is 4.98. The Hall–Kier alpha value is -2.24. The van der Waals surface area contributed by atoms with Crippen molar-refractivity contribution in [2.75, 3.05) is 20.8 Å². The van der Waals surface area contributed by atoms with E-state index in [4.69, 9.17) is 4.74 Å². The SMILES string of the molecule is COC(=O)COc1cc(O)cc(CC(=O)OC)c1. The maximum absolute atomic E-state index is 11.1. The molecule has 0 radical (unpaired) electrons. The molecule has 0 fully saturated rings. The number of carbonyl (C=O) groups is 2. The van der Waals surface area contributed by atoms with Crippen LogP contribution in [-0.2, 0) is 25.5 Å². The number of rotatable bonds is 5. The molecule has 0 aromatic heterocycles. The molecule has 1 aromatic rings. The van der Waals surface area contributed by atoms with Crippen LogP contribution in [0.1, 0.15) is 5.56 Å². The molecule has 6 nitrogen and oxygen atoms in total. The third-order valence-electron chi connectivity index (χ3n) is 2.11. The first-order chi connectivity index (χ1) is 8.55. The van der Waals surface area contributed by atoms with Crippen LogP contribution in [0.5, 0.6) is 11.5 Å². The van der Waals surface area contributed by atoms with Gasteiger partial charge in [0.05, 0.1) is 20.6 Å². The van der Waals surface area contributed by atoms with Crippen molar-refractivity contribution in [2.24, 2.45) is 0 Å². The minimum absolute atomic E-state index is 0.0134. The molecule has 1 rings (SSSR count). The maximum Gasteiger partial charge on any atom is 0.343 e. The third kappa shape index (κ3) is 4.32. The van der Waals surface area contributed by atoms with Gasteiger partial charge in [-0.1, -0.05) is 0 Å². The summed E-state index contributed by atoms with van der Waals surface area (Å²) in [6.07, 6.45) is 0.0134. The molecule has 6 heteroatoms. The highest BCUT2D eigenvalue weighted by Crippen LogP contribution is 2.22. The summed E-state index contributed by atoms with van der Waals surface area (Å²) < 4.78 is 14.0. The first-order valence-corrected chi connectivity index (χ1v) is 5.14. The molecule has 0 bridgehead atoms. The number of esters is 2. The number of methoxy groups -OCH3 is 2. The van der Waals surface area contributed by atoms with Gasteiger partial charge in [-0.15, -0.1) is 0 Å². The molecule has 0 aliphatic heterocycles. The Morgan fingerprint density at radius 3 is 2.39 bits per heavy atom. The van der Waals surface area contributed by atoms with Crippen molar-refractivity contribution in [3.05, 3.63) is 23.8 Å². The second kappa shape index (κ2) is 6.48. The van der Waals surface area contributed by atoms with Crippen molar-refractivity contribution in [1.82, 2.24) is 0 Å². The zero-order valence-electron chi connectivity index (χ0n) is 10.1. The van der Waals surface area contributed by atoms with Gasteiger partial charge in [-0.25, -0.2) is 4.79 Å². The lowest BCUT2D eigenvalue weighted by atomic mass is 10.1. The van der Waals surface area contributed by atoms with Crippen molar-refractivity contribution < 1.29 is 28.9 Å². The number of aromatic hydroxyl groups is 1. The Morgan fingerprint density at radius 1 is 1.11 bits per heavy atom. The molecule has 0 aliphatic rings. The molecular weight excluding hydrogens is 240 g/mol. The average molecular weight is 254 g/mol. The fourth-order valence-electron chi connectivity index (χ4n) is 1.27. The highest BCUT2D eigenvalue weighted by molar-refractivity contribution is 5.73. The normalized spacial score (nSPS) is 9.67. The number of hydrogen-bond donors (Lipinski definition) is 1. The standard InChI is InChI=1S/C12H14O6/c1-16-11(14)5-8-3-9(13)6-10(4-8)18-7-12(15)17-2/h3-4,6,13H,5,7H2,1-2H3. The van der Waals surface area contributed by atoms with Crippen molar-refractivity contribution in [3.8, 4) is 11.5 Å². The van der Waals surface area contributed by atoms with E-state index in [1.807, 2.05) is 0 Å². The van der Waals surface area contributed by atoms with Crippen LogP contribution >= 0.6 is 0 Å². The molecule has 1 N–H and O–H groups in total. The summed E-state index contributed by atoms with van der Waals surface area (Å²) in [7, 11) is 2.52. The van der Waals surface area contributed by atoms with Crippen LogP contribution in [0.25, 0.3) is 0 Å². The minimum atomic E-state index is -0.534. The molecule has 0 aliphatic carbocycles. The van der Waals surface area contributed by atoms with Gasteiger partial charge in [0.25, 0.3) is 0 Å². The summed E-state index contributed by atoms with van der Waals surface area (Å²) in [4.78, 5) is 22.0. The fraction of sp³-hybridized carbons (Fsp3) is 0.333. The quantitative estimate of drug-likeness (QED) is 0.777. The molecule has 0 amide bonds. The Labute approximate surface area is 104 Å². The van der Waals surface area contributed by atoms with Gasteiger partial charge >= 0.3 is 11.9 Å². The van der Waals surface area contributed by atoms with Gasteiger partial charge in [0.15, 0.2) is 6.61 Å². The predicted molar refractivity (Wildman–Crippen MR) is 61.3 cm³/mol. The van der Waals surface area contributed by atoms with E-state index in [0.717, 1.165) is 0 Å². The van der Waals surface area contributed by atoms with Crippen LogP contribution in [0.4, 0.5) is 0 Å². The topological polar surface area (TPSA) is 82.1 Å². The van der Waals surface area contributed by atoms with E-state index in [9.17, 15) is 14.7 Å². The maximum atomic E-state index is 11.1. The zero-order valence-corrected chi connectivity index (χ0v) is 10.1. The van der Waals surface area contributed by atoms with Crippen molar-refractivity contribution >= 4 is 11.9 Å². The molecule has 0 atom stereocenters. The van der Waals surface area contributed by atoms with Gasteiger partial charge in [0.1, 0.15) is 11.5 Å². The minimum Gasteiger partial charge on any atom is -0.508 e. The second-order valence-electron chi connectivity index (χ2n) is 3.45. The lowest BCUT2D eigenvalue weighted by Gasteiger charge is -2.07. The Bertz CT molecular complexity index is 440. The molecule has 18 heavy (non-hydrogen) atoms. The van der Waals surface area contributed by atoms with Gasteiger partial charge in [-0.05, 0) is 17.7 Å². The number of phenolic OH excluding ortho intramolecular Hbond substituents is 1. The van der Waals surface area contributed by atoms with E-state index in [0.29, 0.717) is 5.56 Å². The summed E-state index contributed by atoms with van der Waals surface area (Å²) in [5.41, 5.74) is 0.529. The second-order valence-corrected chi connectivity index (χ2v) is 3.45. The van der Waals surface area contributed by atoms with Crippen LogP contribution in [0, 0.1) is 0 Å². The fourth-order valence-corrected chi connectivity index (χ4v) is 1.27. The van der Waals surface area contributed by atoms with Crippen LogP contribution in [0.15, 0.2) is 18.2 Å². The Morgan fingerprint density at radius 2 is 1.78 bits per heavy atom. The van der Waals surface area contributed by atoms with Crippen molar-refractivity contribution in [3.63, 3.8) is 0 Å². The summed E-state index contributed by atoms with van der Waals surface area (Å²) in [6, 6.07) is 4.30. The molecule has 0 saturated heterocycles. The number of phenols is 1. The highest BCUT2D eigenvalue weighted by Gasteiger charge is 2.08. The van der Waals surface area contributed by atoms with E-state index in [1.54, 1.807) is 6.07 Å². The van der Waals surface area contributed by atoms with Gasteiger partial charge < -0.3 is 19.3 Å². The number of benzene rings is 1. The smallest absolute Gasteiger partial charge is 0.343 e. The molecule has 98 valence electrons. The lowest BCUT2D eigenvalue weighted by molar-refractivity contribution is -0.143. The molecule has 1 aromatic carbocycles. The van der Waals surface area contributed by atoms with E-state index in [1.165, 1.54) is 26.4 Å². The van der Waals surface area contributed by atoms with Gasteiger partial charge in [0.2, 0.25) is 0 Å². The zero-order chi connectivity index (χ0) is 13.5. The number of ether oxygens (including phenoxy) is 3. The average Bonchev–Trinajstić information content (AvgIpc) is 2.35. The first kappa shape index (κ1) is 13.8. The third-order valence-corrected chi connectivity index (χ3v) is 2.11. The van der Waals surface area contributed by atoms with Gasteiger partial charge in [-0.2, -0.15) is 0 Å². The van der Waals surface area contributed by atoms with Gasteiger partial charge in [-0.3, -0.25) is 4.79 Å². The van der Waals surface area contributed by atoms with Crippen LogP contribution < -0.4 is 4.74 Å². The number of hydrogen-bond acceptors (Lipinski definition) is 6. The number of carbonyl (C=O) groups excluding carboxylic acids is 2. The summed E-state index contributed by atoms with van der Waals surface area (Å²) in [6.45, 7) is -0.266. The first-order valence-electron chi connectivity index (χ1n) is 5.14. The molecule has 0 spiro atoms. The monoisotopic (exact) mass is 254 g/mol. The van der Waals surface area contributed by atoms with Crippen LogP contribution in [0.2, 0.25) is 0 Å². The molecule has 0 unspecified atom stereocenters. The van der Waals surface area contributed by atoms with E-state index >= 15 is 0 Å². The summed E-state index contributed by atoms with van der Waals surface area (Å²) >= 11 is 0. The van der Waals surface area contributed by atoms with E-state index in [-0.39, 0.29) is 24.5 Å². The molecular formula is C12H14O6. The van der Waals surface area contributed by atoms with Crippen LogP contribution in [-0.4, -0.2) is 37.9 Å². The molecule has 0 heterocycles. The van der Waals surface area contributed by atoms with Gasteiger partial charge in [0, 0.05) is 6.07 Å². The lowest BCUT2D eigenvalue weighted by Crippen LogP contribution is -2.12. The summed E-state index contributed by atoms with van der Waals surface area (Å²) in [5, 5.41) is 9.45. The van der Waals surface area contributed by atoms with E-state index in [2.05, 4.69) is 9.47 Å². The Balaban J connectivity index is 2.74.